The summed E-state index contributed by atoms with van der Waals surface area (Å²) < 4.78 is 1.08. The van der Waals surface area contributed by atoms with E-state index in [-0.39, 0.29) is 0 Å². The molecule has 2 N–H and O–H groups in total. The van der Waals surface area contributed by atoms with E-state index in [0.717, 1.165) is 34.6 Å². The molecular formula is C12H14BrN3. The van der Waals surface area contributed by atoms with Gasteiger partial charge in [-0.3, -0.25) is 0 Å². The van der Waals surface area contributed by atoms with Crippen molar-refractivity contribution >= 4 is 15.9 Å². The van der Waals surface area contributed by atoms with Crippen molar-refractivity contribution < 1.29 is 0 Å². The summed E-state index contributed by atoms with van der Waals surface area (Å²) in [6.45, 7) is 3.81. The molecule has 1 aromatic heterocycles. The standard InChI is InChI=1S/C12H14BrN3/c1-2-14-8-12-15-7-11(16-12)9-5-3-4-6-10(9)13/h3-7,14H,2,8H2,1H3,(H,15,16). The van der Waals surface area contributed by atoms with Gasteiger partial charge in [-0.25, -0.2) is 4.98 Å². The van der Waals surface area contributed by atoms with Gasteiger partial charge in [0.25, 0.3) is 0 Å². The molecule has 84 valence electrons. The minimum Gasteiger partial charge on any atom is -0.341 e. The van der Waals surface area contributed by atoms with E-state index in [0.29, 0.717) is 0 Å². The fourth-order valence-electron chi connectivity index (χ4n) is 1.51. The first-order valence-electron chi connectivity index (χ1n) is 5.30. The molecule has 0 aliphatic heterocycles. The van der Waals surface area contributed by atoms with Gasteiger partial charge in [0.1, 0.15) is 5.82 Å². The number of hydrogen-bond donors (Lipinski definition) is 2. The van der Waals surface area contributed by atoms with Crippen molar-refractivity contribution in [2.45, 2.75) is 13.5 Å². The molecule has 0 saturated heterocycles. The van der Waals surface area contributed by atoms with Gasteiger partial charge in [0, 0.05) is 10.0 Å². The van der Waals surface area contributed by atoms with Crippen molar-refractivity contribution in [3.8, 4) is 11.3 Å². The molecule has 4 heteroatoms. The Kier molecular flexibility index (Phi) is 3.74. The molecule has 0 fully saturated rings. The predicted octanol–water partition coefficient (Wildman–Crippen LogP) is 2.95. The van der Waals surface area contributed by atoms with E-state index in [1.165, 1.54) is 0 Å². The lowest BCUT2D eigenvalue weighted by atomic mass is 10.2. The first kappa shape index (κ1) is 11.4. The number of hydrogen-bond acceptors (Lipinski definition) is 2. The SMILES string of the molecule is CCNCc1ncc(-c2ccccc2Br)[nH]1. The minimum absolute atomic E-state index is 0.779. The van der Waals surface area contributed by atoms with Crippen molar-refractivity contribution in [2.75, 3.05) is 6.54 Å². The number of halogens is 1. The molecule has 0 radical (unpaired) electrons. The largest absolute Gasteiger partial charge is 0.341 e. The van der Waals surface area contributed by atoms with E-state index in [1.54, 1.807) is 0 Å². The highest BCUT2D eigenvalue weighted by Crippen LogP contribution is 2.26. The second-order valence-corrected chi connectivity index (χ2v) is 4.36. The van der Waals surface area contributed by atoms with Gasteiger partial charge in [0.2, 0.25) is 0 Å². The fourth-order valence-corrected chi connectivity index (χ4v) is 2.01. The molecule has 16 heavy (non-hydrogen) atoms. The van der Waals surface area contributed by atoms with Gasteiger partial charge in [-0.2, -0.15) is 0 Å². The van der Waals surface area contributed by atoms with Crippen LogP contribution >= 0.6 is 15.9 Å². The van der Waals surface area contributed by atoms with Crippen molar-refractivity contribution in [1.29, 1.82) is 0 Å². The summed E-state index contributed by atoms with van der Waals surface area (Å²) in [5, 5.41) is 3.24. The highest BCUT2D eigenvalue weighted by molar-refractivity contribution is 9.10. The molecule has 0 saturated carbocycles. The Morgan fingerprint density at radius 2 is 2.19 bits per heavy atom. The van der Waals surface area contributed by atoms with Crippen molar-refractivity contribution in [1.82, 2.24) is 15.3 Å². The van der Waals surface area contributed by atoms with Gasteiger partial charge >= 0.3 is 0 Å². The van der Waals surface area contributed by atoms with Crippen LogP contribution < -0.4 is 5.32 Å². The molecule has 0 unspecified atom stereocenters. The van der Waals surface area contributed by atoms with E-state index in [1.807, 2.05) is 24.4 Å². The van der Waals surface area contributed by atoms with Crippen LogP contribution in [0.5, 0.6) is 0 Å². The molecule has 1 heterocycles. The van der Waals surface area contributed by atoms with Crippen LogP contribution in [0.4, 0.5) is 0 Å². The second-order valence-electron chi connectivity index (χ2n) is 3.50. The molecule has 2 rings (SSSR count). The zero-order valence-electron chi connectivity index (χ0n) is 9.13. The van der Waals surface area contributed by atoms with Crippen LogP contribution in [-0.2, 0) is 6.54 Å². The Morgan fingerprint density at radius 3 is 2.94 bits per heavy atom. The Labute approximate surface area is 103 Å². The number of aromatic amines is 1. The molecule has 3 nitrogen and oxygen atoms in total. The maximum absolute atomic E-state index is 4.33. The third kappa shape index (κ3) is 2.51. The van der Waals surface area contributed by atoms with E-state index >= 15 is 0 Å². The third-order valence-corrected chi connectivity index (χ3v) is 3.03. The Bertz CT molecular complexity index is 465. The van der Waals surface area contributed by atoms with Crippen molar-refractivity contribution in [3.05, 3.63) is 40.8 Å². The van der Waals surface area contributed by atoms with Crippen molar-refractivity contribution in [3.63, 3.8) is 0 Å². The molecule has 0 spiro atoms. The summed E-state index contributed by atoms with van der Waals surface area (Å²) in [5.74, 6) is 0.965. The number of imidazole rings is 1. The van der Waals surface area contributed by atoms with Crippen LogP contribution in [0.2, 0.25) is 0 Å². The second kappa shape index (κ2) is 5.27. The Morgan fingerprint density at radius 1 is 1.38 bits per heavy atom. The molecule has 0 aliphatic rings. The average Bonchev–Trinajstić information content (AvgIpc) is 2.75. The van der Waals surface area contributed by atoms with Gasteiger partial charge in [0.05, 0.1) is 18.4 Å². The summed E-state index contributed by atoms with van der Waals surface area (Å²) in [7, 11) is 0. The van der Waals surface area contributed by atoms with E-state index < -0.39 is 0 Å². The average molecular weight is 280 g/mol. The predicted molar refractivity (Wildman–Crippen MR) is 69.1 cm³/mol. The van der Waals surface area contributed by atoms with Gasteiger partial charge in [-0.05, 0) is 12.6 Å². The number of nitrogens with one attached hydrogen (secondary N) is 2. The van der Waals surface area contributed by atoms with Gasteiger partial charge in [-0.15, -0.1) is 0 Å². The van der Waals surface area contributed by atoms with Crippen LogP contribution in [0.3, 0.4) is 0 Å². The lowest BCUT2D eigenvalue weighted by Crippen LogP contribution is -2.12. The highest BCUT2D eigenvalue weighted by Gasteiger charge is 2.05. The van der Waals surface area contributed by atoms with Gasteiger partial charge in [0.15, 0.2) is 0 Å². The number of H-pyrrole nitrogens is 1. The number of aromatic nitrogens is 2. The number of nitrogens with zero attached hydrogens (tertiary/aromatic N) is 1. The van der Waals surface area contributed by atoms with Crippen LogP contribution in [0.25, 0.3) is 11.3 Å². The molecule has 0 bridgehead atoms. The molecule has 2 aromatic rings. The summed E-state index contributed by atoms with van der Waals surface area (Å²) in [6.07, 6.45) is 1.87. The van der Waals surface area contributed by atoms with E-state index in [4.69, 9.17) is 0 Å². The summed E-state index contributed by atoms with van der Waals surface area (Å²) >= 11 is 3.53. The highest BCUT2D eigenvalue weighted by atomic mass is 79.9. The number of rotatable bonds is 4. The molecular weight excluding hydrogens is 266 g/mol. The zero-order valence-corrected chi connectivity index (χ0v) is 10.7. The monoisotopic (exact) mass is 279 g/mol. The quantitative estimate of drug-likeness (QED) is 0.904. The lowest BCUT2D eigenvalue weighted by Gasteiger charge is -2.00. The maximum atomic E-state index is 4.33. The van der Waals surface area contributed by atoms with Gasteiger partial charge in [-0.1, -0.05) is 41.1 Å². The fraction of sp³-hybridized carbons (Fsp3) is 0.250. The Hall–Kier alpha value is -1.13. The first-order valence-corrected chi connectivity index (χ1v) is 6.10. The van der Waals surface area contributed by atoms with Crippen LogP contribution in [0.15, 0.2) is 34.9 Å². The molecule has 0 amide bonds. The van der Waals surface area contributed by atoms with Gasteiger partial charge < -0.3 is 10.3 Å². The Balaban J connectivity index is 2.22. The summed E-state index contributed by atoms with van der Waals surface area (Å²) in [4.78, 5) is 7.63. The molecule has 0 atom stereocenters. The van der Waals surface area contributed by atoms with Crippen LogP contribution in [-0.4, -0.2) is 16.5 Å². The summed E-state index contributed by atoms with van der Waals surface area (Å²) in [6, 6.07) is 8.11. The van der Waals surface area contributed by atoms with Crippen LogP contribution in [0.1, 0.15) is 12.7 Å². The lowest BCUT2D eigenvalue weighted by molar-refractivity contribution is 0.698. The zero-order chi connectivity index (χ0) is 11.4. The normalized spacial score (nSPS) is 10.6. The van der Waals surface area contributed by atoms with E-state index in [2.05, 4.69) is 44.2 Å². The van der Waals surface area contributed by atoms with E-state index in [9.17, 15) is 0 Å². The third-order valence-electron chi connectivity index (χ3n) is 2.33. The number of benzene rings is 1. The summed E-state index contributed by atoms with van der Waals surface area (Å²) in [5.41, 5.74) is 2.18. The van der Waals surface area contributed by atoms with Crippen LogP contribution in [0, 0.1) is 0 Å². The first-order chi connectivity index (χ1) is 7.81. The molecule has 1 aromatic carbocycles. The minimum atomic E-state index is 0.779. The topological polar surface area (TPSA) is 40.7 Å². The smallest absolute Gasteiger partial charge is 0.120 e. The van der Waals surface area contributed by atoms with Crippen molar-refractivity contribution in [2.24, 2.45) is 0 Å². The maximum Gasteiger partial charge on any atom is 0.120 e. The molecule has 0 aliphatic carbocycles.